The number of aromatic nitrogens is 5. The van der Waals surface area contributed by atoms with Gasteiger partial charge in [-0.25, -0.2) is 4.68 Å². The zero-order valence-electron chi connectivity index (χ0n) is 15.5. The van der Waals surface area contributed by atoms with E-state index in [-0.39, 0.29) is 0 Å². The molecule has 0 radical (unpaired) electrons. The molecule has 144 valence electrons. The number of benzene rings is 1. The molecule has 29 heavy (non-hydrogen) atoms. The number of para-hydroxylation sites is 1. The van der Waals surface area contributed by atoms with Gasteiger partial charge in [0.15, 0.2) is 5.01 Å². The van der Waals surface area contributed by atoms with E-state index in [1.54, 1.807) is 10.9 Å². The Labute approximate surface area is 171 Å². The maximum Gasteiger partial charge on any atom is 0.206 e. The molecule has 0 amide bonds. The molecule has 4 rings (SSSR count). The van der Waals surface area contributed by atoms with E-state index in [0.29, 0.717) is 30.0 Å². The second kappa shape index (κ2) is 8.50. The summed E-state index contributed by atoms with van der Waals surface area (Å²) in [7, 11) is 0. The lowest BCUT2D eigenvalue weighted by molar-refractivity contribution is 0.789. The largest absolute Gasteiger partial charge is 0.382 e. The molecule has 0 spiro atoms. The van der Waals surface area contributed by atoms with Crippen LogP contribution in [0.25, 0.3) is 16.4 Å². The quantitative estimate of drug-likeness (QED) is 0.455. The van der Waals surface area contributed by atoms with Crippen molar-refractivity contribution >= 4 is 22.3 Å². The van der Waals surface area contributed by atoms with Crippen LogP contribution in [0.5, 0.6) is 0 Å². The summed E-state index contributed by atoms with van der Waals surface area (Å²) >= 11 is 1.46. The number of nitrogen functional groups attached to an aromatic ring is 1. The lowest BCUT2D eigenvalue weighted by Crippen LogP contribution is -2.04. The molecule has 9 heteroatoms. The minimum atomic E-state index is 0.366. The summed E-state index contributed by atoms with van der Waals surface area (Å²) in [4.78, 5) is 4.28. The first-order chi connectivity index (χ1) is 14.3. The third-order valence-electron chi connectivity index (χ3n) is 4.28. The van der Waals surface area contributed by atoms with Gasteiger partial charge in [0.2, 0.25) is 5.13 Å². The molecule has 0 aliphatic heterocycles. The monoisotopic (exact) mass is 402 g/mol. The van der Waals surface area contributed by atoms with Crippen molar-refractivity contribution in [3.63, 3.8) is 0 Å². The Bertz CT molecular complexity index is 1130. The lowest BCUT2D eigenvalue weighted by atomic mass is 10.1. The van der Waals surface area contributed by atoms with E-state index in [0.717, 1.165) is 27.9 Å². The van der Waals surface area contributed by atoms with Crippen molar-refractivity contribution in [1.82, 2.24) is 25.0 Å². The maximum absolute atomic E-state index is 9.48. The molecule has 0 aliphatic rings. The van der Waals surface area contributed by atoms with Crippen molar-refractivity contribution in [3.05, 3.63) is 66.0 Å². The molecule has 3 N–H and O–H groups in total. The van der Waals surface area contributed by atoms with Crippen LogP contribution in [0.1, 0.15) is 17.7 Å². The van der Waals surface area contributed by atoms with E-state index in [2.05, 4.69) is 31.7 Å². The van der Waals surface area contributed by atoms with Gasteiger partial charge in [0.1, 0.15) is 23.1 Å². The second-order valence-electron chi connectivity index (χ2n) is 6.22. The Morgan fingerprint density at radius 3 is 2.69 bits per heavy atom. The number of hydrogen-bond donors (Lipinski definition) is 2. The number of rotatable bonds is 7. The molecule has 0 unspecified atom stereocenters. The van der Waals surface area contributed by atoms with Crippen LogP contribution in [-0.4, -0.2) is 31.5 Å². The number of aryl methyl sites for hydroxylation is 1. The molecule has 0 bridgehead atoms. The Kier molecular flexibility index (Phi) is 5.45. The molecule has 0 aliphatic carbocycles. The minimum Gasteiger partial charge on any atom is -0.382 e. The molecular formula is C20H18N8S. The molecule has 0 saturated carbocycles. The summed E-state index contributed by atoms with van der Waals surface area (Å²) in [5.74, 6) is 0.366. The number of pyridine rings is 1. The Hall–Kier alpha value is -3.77. The molecule has 0 fully saturated rings. The van der Waals surface area contributed by atoms with Crippen molar-refractivity contribution in [1.29, 1.82) is 5.26 Å². The van der Waals surface area contributed by atoms with Gasteiger partial charge in [-0.1, -0.05) is 35.6 Å². The number of anilines is 2. The van der Waals surface area contributed by atoms with Gasteiger partial charge in [-0.15, -0.1) is 10.2 Å². The van der Waals surface area contributed by atoms with Crippen molar-refractivity contribution in [2.24, 2.45) is 0 Å². The number of nitriles is 1. The highest BCUT2D eigenvalue weighted by molar-refractivity contribution is 7.18. The van der Waals surface area contributed by atoms with E-state index < -0.39 is 0 Å². The average Bonchev–Trinajstić information content (AvgIpc) is 3.37. The Balaban J connectivity index is 1.38. The fourth-order valence-corrected chi connectivity index (χ4v) is 3.63. The van der Waals surface area contributed by atoms with Gasteiger partial charge in [-0.05, 0) is 37.1 Å². The van der Waals surface area contributed by atoms with Gasteiger partial charge >= 0.3 is 0 Å². The predicted octanol–water partition coefficient (Wildman–Crippen LogP) is 3.28. The lowest BCUT2D eigenvalue weighted by Gasteiger charge is -2.02. The highest BCUT2D eigenvalue weighted by atomic mass is 32.1. The van der Waals surface area contributed by atoms with Gasteiger partial charge in [0.25, 0.3) is 0 Å². The van der Waals surface area contributed by atoms with Crippen molar-refractivity contribution in [3.8, 4) is 22.5 Å². The average molecular weight is 402 g/mol. The number of nitrogens with zero attached hydrogens (tertiary/aromatic N) is 6. The van der Waals surface area contributed by atoms with Crippen LogP contribution in [-0.2, 0) is 6.42 Å². The zero-order valence-corrected chi connectivity index (χ0v) is 16.3. The van der Waals surface area contributed by atoms with E-state index in [1.165, 1.54) is 11.3 Å². The zero-order chi connectivity index (χ0) is 20.1. The molecule has 1 aromatic carbocycles. The van der Waals surface area contributed by atoms with E-state index >= 15 is 0 Å². The summed E-state index contributed by atoms with van der Waals surface area (Å²) in [6.45, 7) is 0.680. The Morgan fingerprint density at radius 2 is 1.93 bits per heavy atom. The highest BCUT2D eigenvalue weighted by Gasteiger charge is 2.16. The smallest absolute Gasteiger partial charge is 0.206 e. The summed E-state index contributed by atoms with van der Waals surface area (Å²) in [6.07, 6.45) is 3.14. The first-order valence-electron chi connectivity index (χ1n) is 9.08. The second-order valence-corrected chi connectivity index (χ2v) is 7.20. The van der Waals surface area contributed by atoms with Gasteiger partial charge in [0.05, 0.1) is 11.4 Å². The van der Waals surface area contributed by atoms with Crippen molar-refractivity contribution < 1.29 is 0 Å². The normalized spacial score (nSPS) is 10.6. The topological polar surface area (TPSA) is 118 Å². The summed E-state index contributed by atoms with van der Waals surface area (Å²) in [6, 6.07) is 17.4. The predicted molar refractivity (Wildman–Crippen MR) is 113 cm³/mol. The molecule has 8 nitrogen and oxygen atoms in total. The van der Waals surface area contributed by atoms with Gasteiger partial charge in [0, 0.05) is 12.7 Å². The van der Waals surface area contributed by atoms with Crippen LogP contribution < -0.4 is 11.1 Å². The van der Waals surface area contributed by atoms with Crippen molar-refractivity contribution in [2.75, 3.05) is 17.6 Å². The summed E-state index contributed by atoms with van der Waals surface area (Å²) in [5.41, 5.74) is 8.91. The number of nitrogens with one attached hydrogen (secondary N) is 1. The molecule has 3 heterocycles. The van der Waals surface area contributed by atoms with Crippen LogP contribution in [0.3, 0.4) is 0 Å². The summed E-state index contributed by atoms with van der Waals surface area (Å²) in [5, 5.41) is 27.1. The third-order valence-corrected chi connectivity index (χ3v) is 5.19. The minimum absolute atomic E-state index is 0.366. The molecule has 3 aromatic heterocycles. The maximum atomic E-state index is 9.48. The van der Waals surface area contributed by atoms with Crippen LogP contribution in [0.2, 0.25) is 0 Å². The van der Waals surface area contributed by atoms with Crippen molar-refractivity contribution in [2.45, 2.75) is 12.8 Å². The first kappa shape index (κ1) is 18.6. The standard InChI is InChI=1S/C20H18N8S/c21-13-15-16(27-28(18(15)22)14-7-2-1-3-8-14)10-6-12-24-20-26-25-19(29-20)17-9-4-5-11-23-17/h1-5,7-9,11H,6,10,12,22H2,(H,24,26). The van der Waals surface area contributed by atoms with Crippen LogP contribution >= 0.6 is 11.3 Å². The molecule has 0 saturated heterocycles. The van der Waals surface area contributed by atoms with E-state index in [4.69, 9.17) is 5.73 Å². The van der Waals surface area contributed by atoms with Gasteiger partial charge < -0.3 is 11.1 Å². The van der Waals surface area contributed by atoms with Gasteiger partial charge in [-0.3, -0.25) is 4.98 Å². The van der Waals surface area contributed by atoms with E-state index in [9.17, 15) is 5.26 Å². The Morgan fingerprint density at radius 1 is 1.10 bits per heavy atom. The van der Waals surface area contributed by atoms with Crippen LogP contribution in [0, 0.1) is 11.3 Å². The van der Waals surface area contributed by atoms with E-state index in [1.807, 2.05) is 48.5 Å². The fraction of sp³-hybridized carbons (Fsp3) is 0.150. The third kappa shape index (κ3) is 4.07. The summed E-state index contributed by atoms with van der Waals surface area (Å²) < 4.78 is 1.62. The SMILES string of the molecule is N#Cc1c(CCCNc2nnc(-c3ccccn3)s2)nn(-c2ccccc2)c1N. The van der Waals surface area contributed by atoms with Crippen LogP contribution in [0.15, 0.2) is 54.7 Å². The molecule has 0 atom stereocenters. The first-order valence-corrected chi connectivity index (χ1v) is 9.89. The number of nitrogens with two attached hydrogens (primary N) is 1. The molecule has 4 aromatic rings. The van der Waals surface area contributed by atoms with Gasteiger partial charge in [-0.2, -0.15) is 10.4 Å². The molecular weight excluding hydrogens is 384 g/mol. The fourth-order valence-electron chi connectivity index (χ4n) is 2.88. The highest BCUT2D eigenvalue weighted by Crippen LogP contribution is 2.25. The van der Waals surface area contributed by atoms with Crippen LogP contribution in [0.4, 0.5) is 10.9 Å². The number of hydrogen-bond acceptors (Lipinski definition) is 8.